The highest BCUT2D eigenvalue weighted by Gasteiger charge is 2.30. The molecule has 1 atom stereocenters. The Morgan fingerprint density at radius 1 is 1.62 bits per heavy atom. The van der Waals surface area contributed by atoms with E-state index in [1.165, 1.54) is 0 Å². The molecular formula is C10H15NO2. The van der Waals surface area contributed by atoms with Crippen molar-refractivity contribution < 1.29 is 9.90 Å². The smallest absolute Gasteiger partial charge is 0.298 e. The zero-order valence-corrected chi connectivity index (χ0v) is 8.13. The highest BCUT2D eigenvalue weighted by atomic mass is 16.3. The van der Waals surface area contributed by atoms with Crippen molar-refractivity contribution >= 4 is 5.91 Å². The minimum atomic E-state index is -0.733. The van der Waals surface area contributed by atoms with Crippen molar-refractivity contribution in [2.45, 2.75) is 32.3 Å². The standard InChI is InChI=1S/C10H15NO2/c1-3-5-9(12)11-7-4-6-10(2,13)8-11/h13H,4,6-8H2,1-2H3. The maximum Gasteiger partial charge on any atom is 0.298 e. The Labute approximate surface area is 78.7 Å². The van der Waals surface area contributed by atoms with Crippen LogP contribution in [0.2, 0.25) is 0 Å². The van der Waals surface area contributed by atoms with Crippen molar-refractivity contribution in [3.63, 3.8) is 0 Å². The molecule has 1 N–H and O–H groups in total. The number of hydrogen-bond acceptors (Lipinski definition) is 2. The van der Waals surface area contributed by atoms with Gasteiger partial charge in [-0.25, -0.2) is 0 Å². The number of aliphatic hydroxyl groups is 1. The highest BCUT2D eigenvalue weighted by molar-refractivity contribution is 5.93. The summed E-state index contributed by atoms with van der Waals surface area (Å²) in [6.07, 6.45) is 1.61. The van der Waals surface area contributed by atoms with Gasteiger partial charge in [0.15, 0.2) is 0 Å². The lowest BCUT2D eigenvalue weighted by atomic mass is 9.95. The first-order valence-electron chi connectivity index (χ1n) is 4.49. The normalized spacial score (nSPS) is 27.8. The SMILES string of the molecule is CC#CC(=O)N1CCCC(C)(O)C1. The first kappa shape index (κ1) is 10.1. The topological polar surface area (TPSA) is 40.5 Å². The van der Waals surface area contributed by atoms with Gasteiger partial charge in [0.05, 0.1) is 12.1 Å². The molecule has 0 aliphatic carbocycles. The van der Waals surface area contributed by atoms with E-state index in [-0.39, 0.29) is 5.91 Å². The summed E-state index contributed by atoms with van der Waals surface area (Å²) in [4.78, 5) is 12.9. The van der Waals surface area contributed by atoms with Gasteiger partial charge in [-0.2, -0.15) is 0 Å². The van der Waals surface area contributed by atoms with Gasteiger partial charge in [0.2, 0.25) is 0 Å². The summed E-state index contributed by atoms with van der Waals surface area (Å²) in [5.74, 6) is 4.87. The number of nitrogens with zero attached hydrogens (tertiary/aromatic N) is 1. The van der Waals surface area contributed by atoms with Crippen molar-refractivity contribution in [1.82, 2.24) is 4.90 Å². The molecule has 3 heteroatoms. The highest BCUT2D eigenvalue weighted by Crippen LogP contribution is 2.19. The quantitative estimate of drug-likeness (QED) is 0.549. The maximum atomic E-state index is 11.3. The molecule has 1 heterocycles. The van der Waals surface area contributed by atoms with Gasteiger partial charge in [-0.1, -0.05) is 5.92 Å². The molecule has 1 rings (SSSR count). The zero-order valence-electron chi connectivity index (χ0n) is 8.13. The second-order valence-corrected chi connectivity index (χ2v) is 3.70. The fraction of sp³-hybridized carbons (Fsp3) is 0.700. The lowest BCUT2D eigenvalue weighted by Crippen LogP contribution is -2.48. The third kappa shape index (κ3) is 2.74. The molecule has 0 aromatic rings. The summed E-state index contributed by atoms with van der Waals surface area (Å²) in [5, 5.41) is 9.72. The molecule has 13 heavy (non-hydrogen) atoms. The molecule has 3 nitrogen and oxygen atoms in total. The van der Waals surface area contributed by atoms with Gasteiger partial charge in [0.25, 0.3) is 5.91 Å². The minimum absolute atomic E-state index is 0.178. The van der Waals surface area contributed by atoms with Gasteiger partial charge in [-0.3, -0.25) is 4.79 Å². The van der Waals surface area contributed by atoms with Crippen LogP contribution >= 0.6 is 0 Å². The van der Waals surface area contributed by atoms with Crippen molar-refractivity contribution in [3.05, 3.63) is 0 Å². The molecule has 72 valence electrons. The van der Waals surface area contributed by atoms with E-state index in [9.17, 15) is 9.90 Å². The molecule has 1 amide bonds. The van der Waals surface area contributed by atoms with Gasteiger partial charge in [-0.05, 0) is 32.6 Å². The first-order valence-corrected chi connectivity index (χ1v) is 4.49. The van der Waals surface area contributed by atoms with Crippen LogP contribution in [-0.4, -0.2) is 34.6 Å². The molecule has 1 aliphatic heterocycles. The fourth-order valence-corrected chi connectivity index (χ4v) is 1.58. The predicted molar refractivity (Wildman–Crippen MR) is 49.9 cm³/mol. The maximum absolute atomic E-state index is 11.3. The van der Waals surface area contributed by atoms with Crippen LogP contribution in [0.5, 0.6) is 0 Å². The second kappa shape index (κ2) is 3.80. The molecular weight excluding hydrogens is 166 g/mol. The van der Waals surface area contributed by atoms with E-state index in [2.05, 4.69) is 11.8 Å². The summed E-state index contributed by atoms with van der Waals surface area (Å²) in [6.45, 7) is 4.51. The number of carbonyl (C=O) groups excluding carboxylic acids is 1. The predicted octanol–water partition coefficient (Wildman–Crippen LogP) is 0.383. The van der Waals surface area contributed by atoms with Crippen molar-refractivity contribution in [2.75, 3.05) is 13.1 Å². The van der Waals surface area contributed by atoms with Crippen molar-refractivity contribution in [3.8, 4) is 11.8 Å². The van der Waals surface area contributed by atoms with E-state index in [4.69, 9.17) is 0 Å². The number of amides is 1. The molecule has 1 fully saturated rings. The molecule has 1 aliphatic rings. The van der Waals surface area contributed by atoms with Gasteiger partial charge >= 0.3 is 0 Å². The van der Waals surface area contributed by atoms with Crippen molar-refractivity contribution in [1.29, 1.82) is 0 Å². The molecule has 0 aromatic carbocycles. The third-order valence-electron chi connectivity index (χ3n) is 2.19. The molecule has 0 radical (unpaired) electrons. The van der Waals surface area contributed by atoms with E-state index in [0.29, 0.717) is 13.1 Å². The Balaban J connectivity index is 2.60. The average molecular weight is 181 g/mol. The molecule has 0 bridgehead atoms. The Kier molecular flexibility index (Phi) is 2.94. The number of piperidine rings is 1. The summed E-state index contributed by atoms with van der Waals surface area (Å²) >= 11 is 0. The van der Waals surface area contributed by atoms with E-state index >= 15 is 0 Å². The third-order valence-corrected chi connectivity index (χ3v) is 2.19. The van der Waals surface area contributed by atoms with E-state index < -0.39 is 5.60 Å². The second-order valence-electron chi connectivity index (χ2n) is 3.70. The van der Waals surface area contributed by atoms with Crippen LogP contribution in [0.1, 0.15) is 26.7 Å². The van der Waals surface area contributed by atoms with Gasteiger partial charge in [0.1, 0.15) is 0 Å². The van der Waals surface area contributed by atoms with Gasteiger partial charge in [-0.15, -0.1) is 0 Å². The number of β-amino-alcohol motifs (C(OH)–C–C–N with tert-alkyl or cyclic N) is 1. The van der Waals surface area contributed by atoms with Crippen molar-refractivity contribution in [2.24, 2.45) is 0 Å². The van der Waals surface area contributed by atoms with Crippen LogP contribution < -0.4 is 0 Å². The largest absolute Gasteiger partial charge is 0.388 e. The van der Waals surface area contributed by atoms with Gasteiger partial charge in [0, 0.05) is 6.54 Å². The number of hydrogen-bond donors (Lipinski definition) is 1. The number of likely N-dealkylation sites (tertiary alicyclic amines) is 1. The lowest BCUT2D eigenvalue weighted by Gasteiger charge is -2.35. The van der Waals surface area contributed by atoms with Crippen LogP contribution in [0, 0.1) is 11.8 Å². The fourth-order valence-electron chi connectivity index (χ4n) is 1.58. The molecule has 1 unspecified atom stereocenters. The molecule has 0 saturated carbocycles. The summed E-state index contributed by atoms with van der Waals surface area (Å²) in [7, 11) is 0. The summed E-state index contributed by atoms with van der Waals surface area (Å²) < 4.78 is 0. The van der Waals surface area contributed by atoms with Crippen LogP contribution in [0.4, 0.5) is 0 Å². The number of rotatable bonds is 0. The first-order chi connectivity index (χ1) is 6.05. The van der Waals surface area contributed by atoms with Crippen LogP contribution in [-0.2, 0) is 4.79 Å². The molecule has 0 aromatic heterocycles. The van der Waals surface area contributed by atoms with E-state index in [1.54, 1.807) is 18.7 Å². The van der Waals surface area contributed by atoms with Crippen LogP contribution in [0.25, 0.3) is 0 Å². The minimum Gasteiger partial charge on any atom is -0.388 e. The van der Waals surface area contributed by atoms with Crippen LogP contribution in [0.3, 0.4) is 0 Å². The Hall–Kier alpha value is -1.01. The van der Waals surface area contributed by atoms with Gasteiger partial charge < -0.3 is 10.0 Å². The Bertz CT molecular complexity index is 260. The number of carbonyl (C=O) groups is 1. The zero-order chi connectivity index (χ0) is 9.90. The van der Waals surface area contributed by atoms with E-state index in [1.807, 2.05) is 0 Å². The average Bonchev–Trinajstić information content (AvgIpc) is 2.03. The molecule has 1 saturated heterocycles. The Morgan fingerprint density at radius 3 is 2.85 bits per heavy atom. The van der Waals surface area contributed by atoms with Crippen LogP contribution in [0.15, 0.2) is 0 Å². The lowest BCUT2D eigenvalue weighted by molar-refractivity contribution is -0.131. The monoisotopic (exact) mass is 181 g/mol. The summed E-state index contributed by atoms with van der Waals surface area (Å²) in [5.41, 5.74) is -0.733. The molecule has 0 spiro atoms. The van der Waals surface area contributed by atoms with E-state index in [0.717, 1.165) is 12.8 Å². The summed E-state index contributed by atoms with van der Waals surface area (Å²) in [6, 6.07) is 0. The Morgan fingerprint density at radius 2 is 2.31 bits per heavy atom.